The maximum atomic E-state index is 11.8. The molecule has 0 saturated carbocycles. The lowest BCUT2D eigenvalue weighted by Crippen LogP contribution is -2.38. The van der Waals surface area contributed by atoms with E-state index >= 15 is 0 Å². The molecule has 5 nitrogen and oxygen atoms in total. The predicted octanol–water partition coefficient (Wildman–Crippen LogP) is 1.28. The number of carbonyl (C=O) groups excluding carboxylic acids is 1. The van der Waals surface area contributed by atoms with E-state index in [2.05, 4.69) is 10.3 Å². The van der Waals surface area contributed by atoms with Gasteiger partial charge in [0, 0.05) is 31.0 Å². The molecule has 1 aliphatic heterocycles. The van der Waals surface area contributed by atoms with Gasteiger partial charge in [-0.05, 0) is 38.0 Å². The SMILES string of the molecule is CC(C)(N)CCN1CC(c2ccncc2)NC1=O. The number of rotatable bonds is 4. The van der Waals surface area contributed by atoms with Crippen LogP contribution < -0.4 is 11.1 Å². The van der Waals surface area contributed by atoms with Gasteiger partial charge in [-0.3, -0.25) is 4.98 Å². The minimum atomic E-state index is -0.241. The summed E-state index contributed by atoms with van der Waals surface area (Å²) in [4.78, 5) is 17.6. The second-order valence-corrected chi connectivity index (χ2v) is 5.47. The van der Waals surface area contributed by atoms with Gasteiger partial charge in [0.05, 0.1) is 6.04 Å². The number of nitrogens with zero attached hydrogens (tertiary/aromatic N) is 2. The highest BCUT2D eigenvalue weighted by Gasteiger charge is 2.30. The van der Waals surface area contributed by atoms with E-state index in [1.54, 1.807) is 12.4 Å². The highest BCUT2D eigenvalue weighted by atomic mass is 16.2. The van der Waals surface area contributed by atoms with Crippen molar-refractivity contribution in [2.45, 2.75) is 31.8 Å². The van der Waals surface area contributed by atoms with Crippen molar-refractivity contribution in [1.82, 2.24) is 15.2 Å². The molecule has 1 unspecified atom stereocenters. The van der Waals surface area contributed by atoms with Gasteiger partial charge in [-0.1, -0.05) is 0 Å². The fraction of sp³-hybridized carbons (Fsp3) is 0.538. The Bertz CT molecular complexity index is 413. The first-order valence-corrected chi connectivity index (χ1v) is 6.20. The average molecular weight is 248 g/mol. The van der Waals surface area contributed by atoms with Crippen molar-refractivity contribution < 1.29 is 4.79 Å². The molecule has 0 radical (unpaired) electrons. The maximum Gasteiger partial charge on any atom is 0.318 e. The smallest absolute Gasteiger partial charge is 0.318 e. The van der Waals surface area contributed by atoms with Crippen molar-refractivity contribution in [1.29, 1.82) is 0 Å². The number of hydrogen-bond acceptors (Lipinski definition) is 3. The molecule has 1 aromatic rings. The molecular weight excluding hydrogens is 228 g/mol. The summed E-state index contributed by atoms with van der Waals surface area (Å²) in [5.41, 5.74) is 6.79. The number of amides is 2. The van der Waals surface area contributed by atoms with E-state index < -0.39 is 0 Å². The van der Waals surface area contributed by atoms with Gasteiger partial charge >= 0.3 is 6.03 Å². The normalized spacial score (nSPS) is 20.1. The van der Waals surface area contributed by atoms with Crippen LogP contribution in [0.2, 0.25) is 0 Å². The van der Waals surface area contributed by atoms with E-state index in [-0.39, 0.29) is 17.6 Å². The van der Waals surface area contributed by atoms with Crippen LogP contribution in [0, 0.1) is 0 Å². The number of aromatic nitrogens is 1. The molecule has 1 atom stereocenters. The van der Waals surface area contributed by atoms with Crippen LogP contribution in [-0.4, -0.2) is 34.5 Å². The number of hydrogen-bond donors (Lipinski definition) is 2. The molecule has 0 aromatic carbocycles. The van der Waals surface area contributed by atoms with Crippen LogP contribution in [0.25, 0.3) is 0 Å². The Morgan fingerprint density at radius 1 is 1.50 bits per heavy atom. The van der Waals surface area contributed by atoms with Crippen molar-refractivity contribution in [2.24, 2.45) is 5.73 Å². The molecule has 0 aliphatic carbocycles. The molecule has 1 saturated heterocycles. The molecule has 2 heterocycles. The summed E-state index contributed by atoms with van der Waals surface area (Å²) in [6, 6.07) is 3.91. The molecule has 0 spiro atoms. The molecule has 1 aromatic heterocycles. The third-order valence-corrected chi connectivity index (χ3v) is 3.12. The van der Waals surface area contributed by atoms with Gasteiger partial charge in [-0.2, -0.15) is 0 Å². The summed E-state index contributed by atoms with van der Waals surface area (Å²) in [7, 11) is 0. The monoisotopic (exact) mass is 248 g/mol. The largest absolute Gasteiger partial charge is 0.329 e. The number of carbonyl (C=O) groups is 1. The molecule has 98 valence electrons. The molecule has 1 aliphatic rings. The third kappa shape index (κ3) is 3.20. The van der Waals surface area contributed by atoms with Gasteiger partial charge < -0.3 is 16.0 Å². The van der Waals surface area contributed by atoms with Crippen molar-refractivity contribution in [2.75, 3.05) is 13.1 Å². The van der Waals surface area contributed by atoms with Gasteiger partial charge in [0.25, 0.3) is 0 Å². The third-order valence-electron chi connectivity index (χ3n) is 3.12. The fourth-order valence-electron chi connectivity index (χ4n) is 1.99. The Labute approximate surface area is 107 Å². The molecule has 18 heavy (non-hydrogen) atoms. The van der Waals surface area contributed by atoms with E-state index in [1.807, 2.05) is 30.9 Å². The number of urea groups is 1. The first-order chi connectivity index (χ1) is 8.46. The van der Waals surface area contributed by atoms with Crippen LogP contribution >= 0.6 is 0 Å². The Kier molecular flexibility index (Phi) is 3.52. The number of nitrogens with one attached hydrogen (secondary N) is 1. The van der Waals surface area contributed by atoms with Crippen LogP contribution in [-0.2, 0) is 0 Å². The molecule has 1 fully saturated rings. The topological polar surface area (TPSA) is 71.2 Å². The van der Waals surface area contributed by atoms with Gasteiger partial charge in [-0.15, -0.1) is 0 Å². The standard InChI is InChI=1S/C13H20N4O/c1-13(2,14)5-8-17-9-11(16-12(17)18)10-3-6-15-7-4-10/h3-4,6-7,11H,5,8-9,14H2,1-2H3,(H,16,18). The molecule has 2 rings (SSSR count). The zero-order chi connectivity index (χ0) is 13.2. The lowest BCUT2D eigenvalue weighted by molar-refractivity contribution is 0.213. The van der Waals surface area contributed by atoms with Crippen LogP contribution in [0.15, 0.2) is 24.5 Å². The highest BCUT2D eigenvalue weighted by molar-refractivity contribution is 5.77. The van der Waals surface area contributed by atoms with Gasteiger partial charge in [0.1, 0.15) is 0 Å². The number of pyridine rings is 1. The molecule has 3 N–H and O–H groups in total. The minimum absolute atomic E-state index is 0.0129. The zero-order valence-corrected chi connectivity index (χ0v) is 10.9. The van der Waals surface area contributed by atoms with Crippen molar-refractivity contribution >= 4 is 6.03 Å². The van der Waals surface area contributed by atoms with Crippen LogP contribution in [0.4, 0.5) is 4.79 Å². The Morgan fingerprint density at radius 2 is 2.17 bits per heavy atom. The predicted molar refractivity (Wildman–Crippen MR) is 70.0 cm³/mol. The lowest BCUT2D eigenvalue weighted by Gasteiger charge is -2.22. The van der Waals surface area contributed by atoms with Crippen molar-refractivity contribution in [3.63, 3.8) is 0 Å². The second-order valence-electron chi connectivity index (χ2n) is 5.47. The zero-order valence-electron chi connectivity index (χ0n) is 10.9. The first kappa shape index (κ1) is 12.8. The Balaban J connectivity index is 1.95. The summed E-state index contributed by atoms with van der Waals surface area (Å²) in [5, 5.41) is 2.97. The van der Waals surface area contributed by atoms with Crippen LogP contribution in [0.1, 0.15) is 31.9 Å². The summed E-state index contributed by atoms with van der Waals surface area (Å²) in [5.74, 6) is 0. The van der Waals surface area contributed by atoms with Crippen LogP contribution in [0.3, 0.4) is 0 Å². The molecular formula is C13H20N4O. The fourth-order valence-corrected chi connectivity index (χ4v) is 1.99. The summed E-state index contributed by atoms with van der Waals surface area (Å²) >= 11 is 0. The summed E-state index contributed by atoms with van der Waals surface area (Å²) in [6.07, 6.45) is 4.28. The van der Waals surface area contributed by atoms with E-state index in [9.17, 15) is 4.79 Å². The summed E-state index contributed by atoms with van der Waals surface area (Å²) < 4.78 is 0. The maximum absolute atomic E-state index is 11.8. The van der Waals surface area contributed by atoms with Crippen LogP contribution in [0.5, 0.6) is 0 Å². The van der Waals surface area contributed by atoms with Gasteiger partial charge in [0.2, 0.25) is 0 Å². The Morgan fingerprint density at radius 3 is 2.78 bits per heavy atom. The van der Waals surface area contributed by atoms with Crippen molar-refractivity contribution in [3.05, 3.63) is 30.1 Å². The quantitative estimate of drug-likeness (QED) is 0.843. The lowest BCUT2D eigenvalue weighted by atomic mass is 10.0. The van der Waals surface area contributed by atoms with Gasteiger partial charge in [-0.25, -0.2) is 4.79 Å². The Hall–Kier alpha value is -1.62. The molecule has 2 amide bonds. The molecule has 5 heteroatoms. The van der Waals surface area contributed by atoms with E-state index in [4.69, 9.17) is 5.73 Å². The van der Waals surface area contributed by atoms with E-state index in [0.29, 0.717) is 13.1 Å². The van der Waals surface area contributed by atoms with Gasteiger partial charge in [0.15, 0.2) is 0 Å². The first-order valence-electron chi connectivity index (χ1n) is 6.20. The average Bonchev–Trinajstić information content (AvgIpc) is 2.68. The molecule has 0 bridgehead atoms. The second kappa shape index (κ2) is 4.94. The minimum Gasteiger partial charge on any atom is -0.329 e. The highest BCUT2D eigenvalue weighted by Crippen LogP contribution is 2.20. The number of nitrogens with two attached hydrogens (primary N) is 1. The summed E-state index contributed by atoms with van der Waals surface area (Å²) in [6.45, 7) is 5.33. The van der Waals surface area contributed by atoms with E-state index in [0.717, 1.165) is 12.0 Å². The van der Waals surface area contributed by atoms with E-state index in [1.165, 1.54) is 0 Å². The van der Waals surface area contributed by atoms with Crippen molar-refractivity contribution in [3.8, 4) is 0 Å².